The van der Waals surface area contributed by atoms with E-state index in [2.05, 4.69) is 18.2 Å². The molecule has 0 radical (unpaired) electrons. The number of rotatable bonds is 5. The minimum Gasteiger partial charge on any atom is -0.330 e. The fourth-order valence-corrected chi connectivity index (χ4v) is 3.06. The van der Waals surface area contributed by atoms with Crippen molar-refractivity contribution in [3.05, 3.63) is 29.3 Å². The Labute approximate surface area is 121 Å². The van der Waals surface area contributed by atoms with Gasteiger partial charge in [0.15, 0.2) is 0 Å². The molecule has 1 heterocycles. The van der Waals surface area contributed by atoms with Gasteiger partial charge in [-0.3, -0.25) is 4.79 Å². The Morgan fingerprint density at radius 2 is 2.15 bits per heavy atom. The lowest BCUT2D eigenvalue weighted by Crippen LogP contribution is -2.36. The Balaban J connectivity index is 1.75. The van der Waals surface area contributed by atoms with E-state index in [1.54, 1.807) is 0 Å². The topological polar surface area (TPSA) is 46.3 Å². The smallest absolute Gasteiger partial charge is 0.230 e. The highest BCUT2D eigenvalue weighted by atomic mass is 16.2. The molecule has 2 N–H and O–H groups in total. The van der Waals surface area contributed by atoms with Crippen LogP contribution in [0, 0.1) is 5.92 Å². The van der Waals surface area contributed by atoms with Crippen LogP contribution in [-0.4, -0.2) is 19.0 Å². The van der Waals surface area contributed by atoms with Crippen LogP contribution in [0.15, 0.2) is 18.2 Å². The summed E-state index contributed by atoms with van der Waals surface area (Å²) in [6.45, 7) is 1.67. The molecule has 1 aliphatic heterocycles. The molecule has 3 heteroatoms. The van der Waals surface area contributed by atoms with Crippen LogP contribution in [0.5, 0.6) is 0 Å². The van der Waals surface area contributed by atoms with Gasteiger partial charge in [-0.1, -0.05) is 12.1 Å². The Morgan fingerprint density at radius 1 is 1.30 bits per heavy atom. The normalized spacial score (nSPS) is 17.9. The Kier molecular flexibility index (Phi) is 4.06. The molecule has 108 valence electrons. The lowest BCUT2D eigenvalue weighted by molar-refractivity contribution is -0.119. The van der Waals surface area contributed by atoms with Crippen LogP contribution in [0.25, 0.3) is 0 Å². The standard InChI is InChI=1S/C17H24N2O/c18-10-2-1-4-13-6-9-16-15(12-13)5-3-11-19(16)17(20)14-7-8-14/h6,9,12,14H,1-5,7-8,10-11,18H2. The van der Waals surface area contributed by atoms with Crippen molar-refractivity contribution in [1.82, 2.24) is 0 Å². The van der Waals surface area contributed by atoms with Gasteiger partial charge in [0.1, 0.15) is 0 Å². The van der Waals surface area contributed by atoms with E-state index in [-0.39, 0.29) is 0 Å². The summed E-state index contributed by atoms with van der Waals surface area (Å²) in [4.78, 5) is 14.4. The number of benzene rings is 1. The van der Waals surface area contributed by atoms with Gasteiger partial charge in [-0.05, 0) is 68.7 Å². The van der Waals surface area contributed by atoms with Crippen LogP contribution in [0.1, 0.15) is 43.2 Å². The van der Waals surface area contributed by atoms with Crippen LogP contribution in [-0.2, 0) is 17.6 Å². The predicted molar refractivity (Wildman–Crippen MR) is 81.8 cm³/mol. The fraction of sp³-hybridized carbons (Fsp3) is 0.588. The van der Waals surface area contributed by atoms with Gasteiger partial charge in [0.2, 0.25) is 5.91 Å². The number of carbonyl (C=O) groups is 1. The van der Waals surface area contributed by atoms with E-state index in [4.69, 9.17) is 5.73 Å². The van der Waals surface area contributed by atoms with Gasteiger partial charge in [-0.25, -0.2) is 0 Å². The molecule has 3 rings (SSSR count). The van der Waals surface area contributed by atoms with E-state index < -0.39 is 0 Å². The quantitative estimate of drug-likeness (QED) is 0.838. The summed E-state index contributed by atoms with van der Waals surface area (Å²) in [5.41, 5.74) is 9.45. The largest absolute Gasteiger partial charge is 0.330 e. The molecular weight excluding hydrogens is 248 g/mol. The summed E-state index contributed by atoms with van der Waals surface area (Å²) in [5.74, 6) is 0.659. The minimum absolute atomic E-state index is 0.310. The molecule has 0 bridgehead atoms. The van der Waals surface area contributed by atoms with Crippen molar-refractivity contribution in [2.75, 3.05) is 18.0 Å². The Bertz CT molecular complexity index is 494. The van der Waals surface area contributed by atoms with Crippen molar-refractivity contribution in [2.24, 2.45) is 11.7 Å². The van der Waals surface area contributed by atoms with E-state index in [0.717, 1.165) is 63.7 Å². The van der Waals surface area contributed by atoms with E-state index in [1.165, 1.54) is 11.1 Å². The third kappa shape index (κ3) is 2.88. The van der Waals surface area contributed by atoms with Crippen molar-refractivity contribution < 1.29 is 4.79 Å². The number of anilines is 1. The average Bonchev–Trinajstić information content (AvgIpc) is 3.30. The van der Waals surface area contributed by atoms with E-state index >= 15 is 0 Å². The van der Waals surface area contributed by atoms with Gasteiger partial charge in [-0.2, -0.15) is 0 Å². The third-order valence-electron chi connectivity index (χ3n) is 4.37. The summed E-state index contributed by atoms with van der Waals surface area (Å²) >= 11 is 0. The zero-order chi connectivity index (χ0) is 13.9. The average molecular weight is 272 g/mol. The number of nitrogens with two attached hydrogens (primary N) is 1. The maximum absolute atomic E-state index is 12.3. The third-order valence-corrected chi connectivity index (χ3v) is 4.37. The highest BCUT2D eigenvalue weighted by molar-refractivity contribution is 5.97. The van der Waals surface area contributed by atoms with Crippen LogP contribution >= 0.6 is 0 Å². The number of amides is 1. The molecular formula is C17H24N2O. The van der Waals surface area contributed by atoms with Crippen molar-refractivity contribution >= 4 is 11.6 Å². The zero-order valence-corrected chi connectivity index (χ0v) is 12.1. The van der Waals surface area contributed by atoms with Gasteiger partial charge >= 0.3 is 0 Å². The molecule has 0 saturated heterocycles. The molecule has 0 unspecified atom stereocenters. The summed E-state index contributed by atoms with van der Waals surface area (Å²) in [6, 6.07) is 6.65. The highest BCUT2D eigenvalue weighted by Gasteiger charge is 2.35. The first-order valence-electron chi connectivity index (χ1n) is 7.93. The van der Waals surface area contributed by atoms with Gasteiger partial charge < -0.3 is 10.6 Å². The number of fused-ring (bicyclic) bond motifs is 1. The molecule has 0 aromatic heterocycles. The molecule has 1 fully saturated rings. The Hall–Kier alpha value is -1.35. The number of hydrogen-bond acceptors (Lipinski definition) is 2. The molecule has 1 amide bonds. The maximum atomic E-state index is 12.3. The number of nitrogens with zero attached hydrogens (tertiary/aromatic N) is 1. The van der Waals surface area contributed by atoms with Crippen LogP contribution in [0.2, 0.25) is 0 Å². The van der Waals surface area contributed by atoms with Crippen LogP contribution in [0.4, 0.5) is 5.69 Å². The van der Waals surface area contributed by atoms with Gasteiger partial charge in [0, 0.05) is 18.2 Å². The molecule has 1 aliphatic carbocycles. The molecule has 0 spiro atoms. The van der Waals surface area contributed by atoms with Crippen molar-refractivity contribution in [3.8, 4) is 0 Å². The summed E-state index contributed by atoms with van der Waals surface area (Å²) in [5, 5.41) is 0. The van der Waals surface area contributed by atoms with Gasteiger partial charge in [0.25, 0.3) is 0 Å². The molecule has 2 aliphatic rings. The number of hydrogen-bond donors (Lipinski definition) is 1. The van der Waals surface area contributed by atoms with E-state index in [1.807, 2.05) is 4.90 Å². The zero-order valence-electron chi connectivity index (χ0n) is 12.1. The second-order valence-corrected chi connectivity index (χ2v) is 6.08. The van der Waals surface area contributed by atoms with Crippen molar-refractivity contribution in [3.63, 3.8) is 0 Å². The predicted octanol–water partition coefficient (Wildman–Crippen LogP) is 2.66. The summed E-state index contributed by atoms with van der Waals surface area (Å²) in [6.07, 6.45) is 7.71. The number of unbranched alkanes of at least 4 members (excludes halogenated alkanes) is 1. The minimum atomic E-state index is 0.310. The van der Waals surface area contributed by atoms with Crippen molar-refractivity contribution in [2.45, 2.75) is 44.9 Å². The summed E-state index contributed by atoms with van der Waals surface area (Å²) in [7, 11) is 0. The second-order valence-electron chi connectivity index (χ2n) is 6.08. The number of carbonyl (C=O) groups excluding carboxylic acids is 1. The first kappa shape index (κ1) is 13.6. The lowest BCUT2D eigenvalue weighted by atomic mass is 9.97. The SMILES string of the molecule is NCCCCc1ccc2c(c1)CCCN2C(=O)C1CC1. The molecule has 1 aromatic rings. The summed E-state index contributed by atoms with van der Waals surface area (Å²) < 4.78 is 0. The highest BCUT2D eigenvalue weighted by Crippen LogP contribution is 2.36. The first-order valence-corrected chi connectivity index (χ1v) is 7.93. The van der Waals surface area contributed by atoms with Gasteiger partial charge in [-0.15, -0.1) is 0 Å². The lowest BCUT2D eigenvalue weighted by Gasteiger charge is -2.30. The monoisotopic (exact) mass is 272 g/mol. The molecule has 0 atom stereocenters. The Morgan fingerprint density at radius 3 is 2.90 bits per heavy atom. The van der Waals surface area contributed by atoms with Crippen LogP contribution in [0.3, 0.4) is 0 Å². The maximum Gasteiger partial charge on any atom is 0.230 e. The van der Waals surface area contributed by atoms with Crippen molar-refractivity contribution in [1.29, 1.82) is 0 Å². The van der Waals surface area contributed by atoms with E-state index in [0.29, 0.717) is 11.8 Å². The molecule has 20 heavy (non-hydrogen) atoms. The fourth-order valence-electron chi connectivity index (χ4n) is 3.06. The second kappa shape index (κ2) is 5.96. The molecule has 1 saturated carbocycles. The molecule has 3 nitrogen and oxygen atoms in total. The van der Waals surface area contributed by atoms with E-state index in [9.17, 15) is 4.79 Å². The number of aryl methyl sites for hydroxylation is 2. The van der Waals surface area contributed by atoms with Crippen LogP contribution < -0.4 is 10.6 Å². The van der Waals surface area contributed by atoms with Gasteiger partial charge in [0.05, 0.1) is 0 Å². The first-order chi connectivity index (χ1) is 9.79. The molecule has 1 aromatic carbocycles.